The number of thiocarbonyl (C=S) groups is 1. The largest absolute Gasteiger partial charge is 0.389 e. The molecule has 0 saturated carbocycles. The highest BCUT2D eigenvalue weighted by Gasteiger charge is 2.19. The van der Waals surface area contributed by atoms with E-state index in [1.807, 2.05) is 18.2 Å². The van der Waals surface area contributed by atoms with Crippen LogP contribution >= 0.6 is 23.8 Å². The van der Waals surface area contributed by atoms with Gasteiger partial charge in [0.1, 0.15) is 4.99 Å². The molecule has 1 aromatic rings. The number of hydrogen-bond donors (Lipinski definition) is 2. The van der Waals surface area contributed by atoms with E-state index >= 15 is 0 Å². The van der Waals surface area contributed by atoms with Crippen molar-refractivity contribution < 1.29 is 0 Å². The van der Waals surface area contributed by atoms with Crippen LogP contribution < -0.4 is 11.1 Å². The summed E-state index contributed by atoms with van der Waals surface area (Å²) in [5.74, 6) is 0. The lowest BCUT2D eigenvalue weighted by atomic mass is 10.2. The number of halogens is 1. The summed E-state index contributed by atoms with van der Waals surface area (Å²) >= 11 is 11.1. The van der Waals surface area contributed by atoms with Crippen molar-refractivity contribution in [3.05, 3.63) is 28.8 Å². The van der Waals surface area contributed by atoms with Crippen LogP contribution in [-0.2, 0) is 0 Å². The summed E-state index contributed by atoms with van der Waals surface area (Å²) in [6, 6.07) is 6.11. The molecule has 1 atom stereocenters. The highest BCUT2D eigenvalue weighted by molar-refractivity contribution is 7.80. The number of rotatable bonds is 3. The Hall–Kier alpha value is -0.840. The van der Waals surface area contributed by atoms with E-state index in [2.05, 4.69) is 17.3 Å². The standard InChI is InChI=1S/C12H16ClN3S/c1-16-5-4-9(7-16)15-11-3-2-8(12(14)17)6-10(11)13/h2-3,6,9,15H,4-5,7H2,1H3,(H2,14,17). The minimum atomic E-state index is 0.374. The third-order valence-electron chi connectivity index (χ3n) is 3.00. The maximum Gasteiger partial charge on any atom is 0.104 e. The molecule has 0 amide bonds. The highest BCUT2D eigenvalue weighted by atomic mass is 35.5. The van der Waals surface area contributed by atoms with Crippen molar-refractivity contribution in [1.29, 1.82) is 0 Å². The fourth-order valence-corrected chi connectivity index (χ4v) is 2.42. The van der Waals surface area contributed by atoms with Gasteiger partial charge >= 0.3 is 0 Å². The van der Waals surface area contributed by atoms with Gasteiger partial charge in [0.15, 0.2) is 0 Å². The lowest BCUT2D eigenvalue weighted by molar-refractivity contribution is 0.414. The van der Waals surface area contributed by atoms with Gasteiger partial charge in [-0.2, -0.15) is 0 Å². The molecule has 0 aromatic heterocycles. The molecule has 1 saturated heterocycles. The molecule has 3 nitrogen and oxygen atoms in total. The van der Waals surface area contributed by atoms with Crippen LogP contribution in [-0.4, -0.2) is 36.1 Å². The molecule has 0 aliphatic carbocycles. The van der Waals surface area contributed by atoms with Gasteiger partial charge in [0, 0.05) is 18.2 Å². The molecule has 1 unspecified atom stereocenters. The van der Waals surface area contributed by atoms with E-state index in [1.165, 1.54) is 0 Å². The minimum Gasteiger partial charge on any atom is -0.389 e. The van der Waals surface area contributed by atoms with E-state index in [4.69, 9.17) is 29.6 Å². The Balaban J connectivity index is 2.09. The zero-order valence-electron chi connectivity index (χ0n) is 9.74. The van der Waals surface area contributed by atoms with Gasteiger partial charge in [0.05, 0.1) is 10.7 Å². The quantitative estimate of drug-likeness (QED) is 0.825. The number of likely N-dealkylation sites (tertiary alicyclic amines) is 1. The van der Waals surface area contributed by atoms with Crippen molar-refractivity contribution in [2.24, 2.45) is 5.73 Å². The van der Waals surface area contributed by atoms with Crippen LogP contribution in [0, 0.1) is 0 Å². The monoisotopic (exact) mass is 269 g/mol. The summed E-state index contributed by atoms with van der Waals surface area (Å²) in [4.78, 5) is 2.67. The third kappa shape index (κ3) is 3.09. The smallest absolute Gasteiger partial charge is 0.104 e. The van der Waals surface area contributed by atoms with Crippen molar-refractivity contribution >= 4 is 34.5 Å². The van der Waals surface area contributed by atoms with Crippen LogP contribution in [0.4, 0.5) is 5.69 Å². The van der Waals surface area contributed by atoms with Gasteiger partial charge in [-0.1, -0.05) is 23.8 Å². The van der Waals surface area contributed by atoms with Crippen molar-refractivity contribution in [3.8, 4) is 0 Å². The molecule has 0 radical (unpaired) electrons. The first-order valence-electron chi connectivity index (χ1n) is 5.60. The number of nitrogens with one attached hydrogen (secondary N) is 1. The molecule has 1 aliphatic rings. The number of benzene rings is 1. The molecule has 17 heavy (non-hydrogen) atoms. The molecule has 1 aliphatic heterocycles. The van der Waals surface area contributed by atoms with Crippen LogP contribution in [0.15, 0.2) is 18.2 Å². The zero-order valence-corrected chi connectivity index (χ0v) is 11.3. The SMILES string of the molecule is CN1CCC(Nc2ccc(C(N)=S)cc2Cl)C1. The average molecular weight is 270 g/mol. The van der Waals surface area contributed by atoms with Crippen LogP contribution in [0.2, 0.25) is 5.02 Å². The van der Waals surface area contributed by atoms with Gasteiger partial charge < -0.3 is 16.0 Å². The molecular formula is C12H16ClN3S. The number of anilines is 1. The second kappa shape index (κ2) is 5.21. The van der Waals surface area contributed by atoms with E-state index in [9.17, 15) is 0 Å². The summed E-state index contributed by atoms with van der Waals surface area (Å²) in [5.41, 5.74) is 7.32. The number of nitrogens with two attached hydrogens (primary N) is 1. The molecule has 0 bridgehead atoms. The number of likely N-dealkylation sites (N-methyl/N-ethyl adjacent to an activating group) is 1. The topological polar surface area (TPSA) is 41.3 Å². The highest BCUT2D eigenvalue weighted by Crippen LogP contribution is 2.25. The number of nitrogens with zero attached hydrogens (tertiary/aromatic N) is 1. The average Bonchev–Trinajstić information content (AvgIpc) is 2.67. The van der Waals surface area contributed by atoms with E-state index in [1.54, 1.807) is 0 Å². The Bertz CT molecular complexity index is 436. The fourth-order valence-electron chi connectivity index (χ4n) is 2.06. The Morgan fingerprint density at radius 2 is 2.35 bits per heavy atom. The molecule has 3 N–H and O–H groups in total. The maximum atomic E-state index is 6.20. The molecule has 92 valence electrons. The fraction of sp³-hybridized carbons (Fsp3) is 0.417. The van der Waals surface area contributed by atoms with E-state index in [0.717, 1.165) is 30.8 Å². The van der Waals surface area contributed by atoms with Gasteiger partial charge in [-0.15, -0.1) is 0 Å². The predicted molar refractivity (Wildman–Crippen MR) is 76.9 cm³/mol. The van der Waals surface area contributed by atoms with Crippen molar-refractivity contribution in [3.63, 3.8) is 0 Å². The first-order chi connectivity index (χ1) is 8.06. The molecule has 0 spiro atoms. The van der Waals surface area contributed by atoms with Crippen LogP contribution in [0.3, 0.4) is 0 Å². The maximum absolute atomic E-state index is 6.20. The van der Waals surface area contributed by atoms with Gasteiger partial charge in [0.25, 0.3) is 0 Å². The van der Waals surface area contributed by atoms with E-state index < -0.39 is 0 Å². The van der Waals surface area contributed by atoms with Gasteiger partial charge in [0.2, 0.25) is 0 Å². The van der Waals surface area contributed by atoms with Crippen LogP contribution in [0.5, 0.6) is 0 Å². The van der Waals surface area contributed by atoms with Crippen molar-refractivity contribution in [2.45, 2.75) is 12.5 Å². The molecule has 2 rings (SSSR count). The Kier molecular flexibility index (Phi) is 3.86. The molecule has 1 heterocycles. The molecular weight excluding hydrogens is 254 g/mol. The number of hydrogen-bond acceptors (Lipinski definition) is 3. The third-order valence-corrected chi connectivity index (χ3v) is 3.55. The van der Waals surface area contributed by atoms with Gasteiger partial charge in [-0.05, 0) is 38.2 Å². The Morgan fingerprint density at radius 1 is 1.59 bits per heavy atom. The normalized spacial score (nSPS) is 20.5. The summed E-state index contributed by atoms with van der Waals surface area (Å²) in [5, 5.41) is 4.12. The molecule has 1 aromatic carbocycles. The van der Waals surface area contributed by atoms with Crippen molar-refractivity contribution in [2.75, 3.05) is 25.5 Å². The molecule has 5 heteroatoms. The minimum absolute atomic E-state index is 0.374. The second-order valence-corrected chi connectivity index (χ2v) is 5.30. The van der Waals surface area contributed by atoms with E-state index in [0.29, 0.717) is 16.1 Å². The van der Waals surface area contributed by atoms with Crippen LogP contribution in [0.25, 0.3) is 0 Å². The summed E-state index contributed by atoms with van der Waals surface area (Å²) in [6.45, 7) is 2.17. The van der Waals surface area contributed by atoms with Crippen molar-refractivity contribution in [1.82, 2.24) is 4.90 Å². The zero-order chi connectivity index (χ0) is 12.4. The lowest BCUT2D eigenvalue weighted by Crippen LogP contribution is -2.23. The predicted octanol–water partition coefficient (Wildman–Crippen LogP) is 2.09. The first-order valence-corrected chi connectivity index (χ1v) is 6.39. The lowest BCUT2D eigenvalue weighted by Gasteiger charge is -2.16. The first kappa shape index (κ1) is 12.6. The van der Waals surface area contributed by atoms with Gasteiger partial charge in [-0.25, -0.2) is 0 Å². The Morgan fingerprint density at radius 3 is 2.88 bits per heavy atom. The summed E-state index contributed by atoms with van der Waals surface area (Å²) in [6.07, 6.45) is 1.14. The Labute approximate surface area is 112 Å². The van der Waals surface area contributed by atoms with Gasteiger partial charge in [-0.3, -0.25) is 0 Å². The van der Waals surface area contributed by atoms with Crippen LogP contribution in [0.1, 0.15) is 12.0 Å². The van der Waals surface area contributed by atoms with E-state index in [-0.39, 0.29) is 0 Å². The molecule has 1 fully saturated rings. The summed E-state index contributed by atoms with van der Waals surface area (Å²) < 4.78 is 0. The summed E-state index contributed by atoms with van der Waals surface area (Å²) in [7, 11) is 2.12. The second-order valence-electron chi connectivity index (χ2n) is 4.45.